The standard InChI is InChI=1S/C29H26Cl2FN7O3/c1-15-10-20-24(14-38(15)27(41)18-6-9-21(30)22(31)11-18)37-29(36-16(2)17-4-7-19(32)8-5-17)39(28(20)42)25-13-34-23(12-35-25)26(40)33-3/h4-9,11-13,15-16H,10,14H2,1-3H3,(H,33,40)(H,36,37)/t15-,16+/m1/s1. The molecule has 42 heavy (non-hydrogen) atoms. The van der Waals surface area contributed by atoms with Gasteiger partial charge in [0.2, 0.25) is 5.95 Å². The predicted octanol–water partition coefficient (Wildman–Crippen LogP) is 4.59. The number of nitrogens with one attached hydrogen (secondary N) is 2. The summed E-state index contributed by atoms with van der Waals surface area (Å²) in [6, 6.07) is 9.90. The molecule has 216 valence electrons. The predicted molar refractivity (Wildman–Crippen MR) is 157 cm³/mol. The molecule has 2 amide bonds. The number of hydrogen-bond acceptors (Lipinski definition) is 7. The van der Waals surface area contributed by atoms with Crippen LogP contribution in [0, 0.1) is 5.82 Å². The molecule has 0 saturated carbocycles. The molecule has 13 heteroatoms. The van der Waals surface area contributed by atoms with Gasteiger partial charge in [-0.3, -0.25) is 14.4 Å². The van der Waals surface area contributed by atoms with Crippen molar-refractivity contribution in [3.05, 3.63) is 109 Å². The summed E-state index contributed by atoms with van der Waals surface area (Å²) in [5.74, 6) is -0.772. The largest absolute Gasteiger partial charge is 0.354 e. The molecule has 3 heterocycles. The molecule has 2 aromatic carbocycles. The summed E-state index contributed by atoms with van der Waals surface area (Å²) in [7, 11) is 1.48. The molecule has 10 nitrogen and oxygen atoms in total. The first-order valence-corrected chi connectivity index (χ1v) is 13.8. The first kappa shape index (κ1) is 29.2. The fourth-order valence-electron chi connectivity index (χ4n) is 4.75. The average Bonchev–Trinajstić information content (AvgIpc) is 2.98. The van der Waals surface area contributed by atoms with E-state index in [2.05, 4.69) is 20.6 Å². The van der Waals surface area contributed by atoms with Gasteiger partial charge >= 0.3 is 0 Å². The Kier molecular flexibility index (Phi) is 8.24. The lowest BCUT2D eigenvalue weighted by Crippen LogP contribution is -2.46. The molecule has 2 atom stereocenters. The maximum atomic E-state index is 14.0. The third-order valence-corrected chi connectivity index (χ3v) is 7.82. The van der Waals surface area contributed by atoms with Crippen LogP contribution in [0.1, 0.15) is 57.6 Å². The fraction of sp³-hybridized carbons (Fsp3) is 0.241. The molecule has 5 rings (SSSR count). The van der Waals surface area contributed by atoms with Gasteiger partial charge in [-0.25, -0.2) is 23.9 Å². The van der Waals surface area contributed by atoms with Crippen molar-refractivity contribution in [1.29, 1.82) is 0 Å². The molecule has 2 aromatic heterocycles. The van der Waals surface area contributed by atoms with E-state index < -0.39 is 11.9 Å². The van der Waals surface area contributed by atoms with Gasteiger partial charge in [-0.15, -0.1) is 0 Å². The van der Waals surface area contributed by atoms with Gasteiger partial charge < -0.3 is 15.5 Å². The number of amides is 2. The number of hydrogen-bond donors (Lipinski definition) is 2. The molecule has 1 aliphatic rings. The van der Waals surface area contributed by atoms with E-state index >= 15 is 0 Å². The molecule has 0 unspecified atom stereocenters. The Morgan fingerprint density at radius 2 is 1.81 bits per heavy atom. The second-order valence-electron chi connectivity index (χ2n) is 9.87. The molecule has 1 aliphatic heterocycles. The highest BCUT2D eigenvalue weighted by Gasteiger charge is 2.32. The first-order chi connectivity index (χ1) is 20.1. The van der Waals surface area contributed by atoms with E-state index in [1.54, 1.807) is 29.2 Å². The van der Waals surface area contributed by atoms with Crippen LogP contribution >= 0.6 is 23.2 Å². The Balaban J connectivity index is 1.57. The lowest BCUT2D eigenvalue weighted by atomic mass is 9.98. The minimum Gasteiger partial charge on any atom is -0.354 e. The Labute approximate surface area is 250 Å². The Hall–Kier alpha value is -4.35. The first-order valence-electron chi connectivity index (χ1n) is 13.0. The number of carbonyl (C=O) groups is 2. The Bertz CT molecular complexity index is 1730. The Morgan fingerprint density at radius 1 is 1.07 bits per heavy atom. The summed E-state index contributed by atoms with van der Waals surface area (Å²) in [5.41, 5.74) is 1.66. The lowest BCUT2D eigenvalue weighted by molar-refractivity contribution is 0.0653. The third-order valence-electron chi connectivity index (χ3n) is 7.08. The average molecular weight is 610 g/mol. The Morgan fingerprint density at radius 3 is 2.45 bits per heavy atom. The summed E-state index contributed by atoms with van der Waals surface area (Å²) in [5, 5.41) is 6.31. The van der Waals surface area contributed by atoms with Gasteiger partial charge in [-0.1, -0.05) is 35.3 Å². The molecule has 0 fully saturated rings. The monoisotopic (exact) mass is 609 g/mol. The molecule has 0 saturated heterocycles. The van der Waals surface area contributed by atoms with Gasteiger partial charge in [0.05, 0.1) is 40.7 Å². The van der Waals surface area contributed by atoms with E-state index in [1.807, 2.05) is 13.8 Å². The van der Waals surface area contributed by atoms with E-state index in [1.165, 1.54) is 42.2 Å². The topological polar surface area (TPSA) is 122 Å². The minimum atomic E-state index is -0.422. The number of nitrogens with zero attached hydrogens (tertiary/aromatic N) is 5. The van der Waals surface area contributed by atoms with E-state index in [-0.39, 0.29) is 58.8 Å². The van der Waals surface area contributed by atoms with Crippen LogP contribution < -0.4 is 16.2 Å². The van der Waals surface area contributed by atoms with Crippen molar-refractivity contribution in [2.75, 3.05) is 12.4 Å². The lowest BCUT2D eigenvalue weighted by Gasteiger charge is -2.34. The number of carbonyl (C=O) groups excluding carboxylic acids is 2. The maximum Gasteiger partial charge on any atom is 0.271 e. The van der Waals surface area contributed by atoms with Gasteiger partial charge in [-0.2, -0.15) is 0 Å². The molecule has 0 radical (unpaired) electrons. The van der Waals surface area contributed by atoms with Crippen LogP contribution in [-0.4, -0.2) is 49.3 Å². The smallest absolute Gasteiger partial charge is 0.271 e. The van der Waals surface area contributed by atoms with Gasteiger partial charge in [0.15, 0.2) is 5.82 Å². The molecule has 0 bridgehead atoms. The number of halogens is 3. The van der Waals surface area contributed by atoms with E-state index in [4.69, 9.17) is 28.2 Å². The van der Waals surface area contributed by atoms with Crippen molar-refractivity contribution in [2.24, 2.45) is 0 Å². The van der Waals surface area contributed by atoms with Gasteiger partial charge in [0, 0.05) is 24.2 Å². The fourth-order valence-corrected chi connectivity index (χ4v) is 5.04. The van der Waals surface area contributed by atoms with E-state index in [0.717, 1.165) is 5.56 Å². The highest BCUT2D eigenvalue weighted by atomic mass is 35.5. The van der Waals surface area contributed by atoms with Crippen molar-refractivity contribution < 1.29 is 14.0 Å². The van der Waals surface area contributed by atoms with Crippen LogP contribution in [0.5, 0.6) is 0 Å². The number of benzene rings is 2. The van der Waals surface area contributed by atoms with Crippen LogP contribution in [0.15, 0.2) is 59.7 Å². The van der Waals surface area contributed by atoms with Gasteiger partial charge in [-0.05, 0) is 56.2 Å². The van der Waals surface area contributed by atoms with Crippen molar-refractivity contribution in [1.82, 2.24) is 29.7 Å². The van der Waals surface area contributed by atoms with Crippen LogP contribution in [-0.2, 0) is 13.0 Å². The normalized spacial score (nSPS) is 15.1. The summed E-state index contributed by atoms with van der Waals surface area (Å²) in [4.78, 5) is 54.3. The number of rotatable bonds is 6. The SMILES string of the molecule is CNC(=O)c1cnc(-n2c(N[C@@H](C)c3ccc(F)cc3)nc3c(c2=O)C[C@@H](C)N(C(=O)c2ccc(Cl)c(Cl)c2)C3)cn1. The highest BCUT2D eigenvalue weighted by molar-refractivity contribution is 6.42. The van der Waals surface area contributed by atoms with Crippen molar-refractivity contribution in [3.63, 3.8) is 0 Å². The number of aromatic nitrogens is 4. The zero-order valence-electron chi connectivity index (χ0n) is 22.9. The second-order valence-corrected chi connectivity index (χ2v) is 10.7. The quantitative estimate of drug-likeness (QED) is 0.328. The molecule has 4 aromatic rings. The molecule has 0 spiro atoms. The minimum absolute atomic E-state index is 0.0759. The maximum absolute atomic E-state index is 14.0. The summed E-state index contributed by atoms with van der Waals surface area (Å²) in [6.07, 6.45) is 2.83. The van der Waals surface area contributed by atoms with Crippen molar-refractivity contribution in [2.45, 2.75) is 38.9 Å². The zero-order chi connectivity index (χ0) is 30.1. The second kappa shape index (κ2) is 11.9. The molecule has 0 aliphatic carbocycles. The van der Waals surface area contributed by atoms with Crippen LogP contribution in [0.2, 0.25) is 10.0 Å². The number of fused-ring (bicyclic) bond motifs is 1. The van der Waals surface area contributed by atoms with Crippen LogP contribution in [0.25, 0.3) is 5.82 Å². The van der Waals surface area contributed by atoms with Crippen LogP contribution in [0.3, 0.4) is 0 Å². The summed E-state index contributed by atoms with van der Waals surface area (Å²) >= 11 is 12.2. The molecular formula is C29H26Cl2FN7O3. The van der Waals surface area contributed by atoms with Crippen LogP contribution in [0.4, 0.5) is 10.3 Å². The third kappa shape index (κ3) is 5.70. The summed E-state index contributed by atoms with van der Waals surface area (Å²) in [6.45, 7) is 3.77. The number of anilines is 1. The van der Waals surface area contributed by atoms with E-state index in [9.17, 15) is 18.8 Å². The zero-order valence-corrected chi connectivity index (χ0v) is 24.4. The van der Waals surface area contributed by atoms with Crippen molar-refractivity contribution >= 4 is 41.0 Å². The molecule has 2 N–H and O–H groups in total. The van der Waals surface area contributed by atoms with Crippen molar-refractivity contribution in [3.8, 4) is 5.82 Å². The van der Waals surface area contributed by atoms with Gasteiger partial charge in [0.1, 0.15) is 11.5 Å². The highest BCUT2D eigenvalue weighted by Crippen LogP contribution is 2.28. The van der Waals surface area contributed by atoms with Gasteiger partial charge in [0.25, 0.3) is 17.4 Å². The summed E-state index contributed by atoms with van der Waals surface area (Å²) < 4.78 is 14.8. The molecular weight excluding hydrogens is 584 g/mol. The van der Waals surface area contributed by atoms with E-state index in [0.29, 0.717) is 21.8 Å².